The van der Waals surface area contributed by atoms with E-state index in [1.807, 2.05) is 26.8 Å². The molecule has 2 aromatic carbocycles. The normalized spacial score (nSPS) is 19.2. The third-order valence-corrected chi connectivity index (χ3v) is 4.74. The lowest BCUT2D eigenvalue weighted by molar-refractivity contribution is 0.552. The molecule has 0 nitrogen and oxygen atoms in total. The third kappa shape index (κ3) is 3.15. The molecule has 2 unspecified atom stereocenters. The zero-order chi connectivity index (χ0) is 16.7. The SMILES string of the molecule is Cc1cc(C)c(C#Cc2cc(F)c(C3CC3C)c(F)c2)cc1C. The van der Waals surface area contributed by atoms with Gasteiger partial charge in [-0.25, -0.2) is 8.78 Å². The fourth-order valence-corrected chi connectivity index (χ4v) is 2.97. The van der Waals surface area contributed by atoms with Gasteiger partial charge in [-0.05, 0) is 73.9 Å². The van der Waals surface area contributed by atoms with E-state index in [1.165, 1.54) is 17.7 Å². The average molecular weight is 310 g/mol. The predicted molar refractivity (Wildman–Crippen MR) is 89.5 cm³/mol. The van der Waals surface area contributed by atoms with E-state index in [9.17, 15) is 8.78 Å². The van der Waals surface area contributed by atoms with Crippen LogP contribution in [0.3, 0.4) is 0 Å². The van der Waals surface area contributed by atoms with Gasteiger partial charge in [-0.3, -0.25) is 0 Å². The molecule has 0 bridgehead atoms. The van der Waals surface area contributed by atoms with Gasteiger partial charge in [-0.1, -0.05) is 24.8 Å². The Labute approximate surface area is 136 Å². The molecule has 23 heavy (non-hydrogen) atoms. The van der Waals surface area contributed by atoms with Gasteiger partial charge < -0.3 is 0 Å². The molecule has 2 aromatic rings. The first-order chi connectivity index (χ1) is 10.9. The van der Waals surface area contributed by atoms with Crippen molar-refractivity contribution in [3.8, 4) is 11.8 Å². The molecular weight excluding hydrogens is 290 g/mol. The number of hydrogen-bond donors (Lipinski definition) is 0. The van der Waals surface area contributed by atoms with E-state index in [4.69, 9.17) is 0 Å². The van der Waals surface area contributed by atoms with Crippen molar-refractivity contribution in [1.29, 1.82) is 0 Å². The predicted octanol–water partition coefficient (Wildman–Crippen LogP) is 5.41. The van der Waals surface area contributed by atoms with Crippen molar-refractivity contribution < 1.29 is 8.78 Å². The Balaban J connectivity index is 1.95. The van der Waals surface area contributed by atoms with E-state index < -0.39 is 11.6 Å². The molecule has 0 amide bonds. The summed E-state index contributed by atoms with van der Waals surface area (Å²) < 4.78 is 28.4. The number of benzene rings is 2. The van der Waals surface area contributed by atoms with E-state index in [1.54, 1.807) is 0 Å². The van der Waals surface area contributed by atoms with Crippen molar-refractivity contribution in [3.63, 3.8) is 0 Å². The monoisotopic (exact) mass is 310 g/mol. The standard InChI is InChI=1S/C21H20F2/c1-12-7-14(3)17(8-13(12)2)6-5-16-10-19(22)21(20(23)11-16)18-9-15(18)4/h7-8,10-11,15,18H,9H2,1-4H3. The number of aryl methyl sites for hydroxylation is 3. The summed E-state index contributed by atoms with van der Waals surface area (Å²) >= 11 is 0. The first-order valence-electron chi connectivity index (χ1n) is 7.95. The van der Waals surface area contributed by atoms with Crippen LogP contribution in [0.25, 0.3) is 0 Å². The minimum atomic E-state index is -0.472. The minimum Gasteiger partial charge on any atom is -0.207 e. The molecule has 0 heterocycles. The smallest absolute Gasteiger partial charge is 0.130 e. The van der Waals surface area contributed by atoms with E-state index >= 15 is 0 Å². The maximum Gasteiger partial charge on any atom is 0.130 e. The van der Waals surface area contributed by atoms with Gasteiger partial charge in [0.05, 0.1) is 0 Å². The minimum absolute atomic E-state index is 0.0269. The molecular formula is C21H20F2. The fraction of sp³-hybridized carbons (Fsp3) is 0.333. The summed E-state index contributed by atoms with van der Waals surface area (Å²) in [5.74, 6) is 5.39. The van der Waals surface area contributed by atoms with Gasteiger partial charge in [0.25, 0.3) is 0 Å². The second-order valence-electron chi connectivity index (χ2n) is 6.67. The van der Waals surface area contributed by atoms with Crippen LogP contribution in [0.4, 0.5) is 8.78 Å². The van der Waals surface area contributed by atoms with Crippen LogP contribution in [0, 0.1) is 50.2 Å². The third-order valence-electron chi connectivity index (χ3n) is 4.74. The summed E-state index contributed by atoms with van der Waals surface area (Å²) in [6, 6.07) is 6.81. The van der Waals surface area contributed by atoms with E-state index in [0.29, 0.717) is 11.5 Å². The lowest BCUT2D eigenvalue weighted by Crippen LogP contribution is -1.96. The van der Waals surface area contributed by atoms with Gasteiger partial charge in [-0.2, -0.15) is 0 Å². The largest absolute Gasteiger partial charge is 0.207 e. The van der Waals surface area contributed by atoms with Gasteiger partial charge in [0.15, 0.2) is 0 Å². The maximum atomic E-state index is 14.2. The van der Waals surface area contributed by atoms with Crippen molar-refractivity contribution in [3.05, 3.63) is 69.3 Å². The van der Waals surface area contributed by atoms with Crippen LogP contribution >= 0.6 is 0 Å². The van der Waals surface area contributed by atoms with Crippen molar-refractivity contribution in [2.45, 2.75) is 40.0 Å². The Morgan fingerprint density at radius 1 is 0.870 bits per heavy atom. The molecule has 1 fully saturated rings. The number of hydrogen-bond acceptors (Lipinski definition) is 0. The van der Waals surface area contributed by atoms with Crippen LogP contribution in [0.2, 0.25) is 0 Å². The van der Waals surface area contributed by atoms with Crippen LogP contribution < -0.4 is 0 Å². The fourth-order valence-electron chi connectivity index (χ4n) is 2.97. The molecule has 0 radical (unpaired) electrons. The highest BCUT2D eigenvalue weighted by atomic mass is 19.1. The van der Waals surface area contributed by atoms with E-state index in [2.05, 4.69) is 24.8 Å². The molecule has 1 aliphatic rings. The second kappa shape index (κ2) is 5.81. The van der Waals surface area contributed by atoms with Gasteiger partial charge in [0.2, 0.25) is 0 Å². The molecule has 3 rings (SSSR count). The molecule has 0 aromatic heterocycles. The lowest BCUT2D eigenvalue weighted by Gasteiger charge is -2.05. The Hall–Kier alpha value is -2.14. The zero-order valence-corrected chi connectivity index (χ0v) is 13.9. The molecule has 0 spiro atoms. The summed E-state index contributed by atoms with van der Waals surface area (Å²) in [6.07, 6.45) is 0.862. The highest BCUT2D eigenvalue weighted by Gasteiger charge is 2.38. The summed E-state index contributed by atoms with van der Waals surface area (Å²) in [5.41, 5.74) is 4.96. The number of rotatable bonds is 1. The van der Waals surface area contributed by atoms with Gasteiger partial charge >= 0.3 is 0 Å². The number of halogens is 2. The summed E-state index contributed by atoms with van der Waals surface area (Å²) in [7, 11) is 0. The zero-order valence-electron chi connectivity index (χ0n) is 13.9. The highest BCUT2D eigenvalue weighted by molar-refractivity contribution is 5.50. The highest BCUT2D eigenvalue weighted by Crippen LogP contribution is 2.48. The van der Waals surface area contributed by atoms with Crippen molar-refractivity contribution in [2.24, 2.45) is 5.92 Å². The van der Waals surface area contributed by atoms with Gasteiger partial charge in [0, 0.05) is 16.7 Å². The van der Waals surface area contributed by atoms with Crippen LogP contribution in [0.5, 0.6) is 0 Å². The Bertz CT molecular complexity index is 814. The first kappa shape index (κ1) is 15.7. The molecule has 0 saturated heterocycles. The van der Waals surface area contributed by atoms with Crippen LogP contribution in [0.15, 0.2) is 24.3 Å². The van der Waals surface area contributed by atoms with Gasteiger partial charge in [0.1, 0.15) is 11.6 Å². The Morgan fingerprint density at radius 3 is 2.00 bits per heavy atom. The lowest BCUT2D eigenvalue weighted by atomic mass is 10.0. The molecule has 1 saturated carbocycles. The van der Waals surface area contributed by atoms with Gasteiger partial charge in [-0.15, -0.1) is 0 Å². The molecule has 2 heteroatoms. The summed E-state index contributed by atoms with van der Waals surface area (Å²) in [5, 5.41) is 0. The van der Waals surface area contributed by atoms with Crippen molar-refractivity contribution in [1.82, 2.24) is 0 Å². The topological polar surface area (TPSA) is 0 Å². The summed E-state index contributed by atoms with van der Waals surface area (Å²) in [4.78, 5) is 0. The van der Waals surface area contributed by atoms with Crippen molar-refractivity contribution in [2.75, 3.05) is 0 Å². The van der Waals surface area contributed by atoms with E-state index in [-0.39, 0.29) is 11.5 Å². The second-order valence-corrected chi connectivity index (χ2v) is 6.67. The first-order valence-corrected chi connectivity index (χ1v) is 7.95. The van der Waals surface area contributed by atoms with Crippen molar-refractivity contribution >= 4 is 0 Å². The van der Waals surface area contributed by atoms with Crippen LogP contribution in [-0.2, 0) is 0 Å². The quantitative estimate of drug-likeness (QED) is 0.618. The Kier molecular flexibility index (Phi) is 3.98. The average Bonchev–Trinajstić information content (AvgIpc) is 3.17. The van der Waals surface area contributed by atoms with Crippen LogP contribution in [0.1, 0.15) is 52.6 Å². The van der Waals surface area contributed by atoms with Crippen LogP contribution in [-0.4, -0.2) is 0 Å². The molecule has 0 aliphatic heterocycles. The van der Waals surface area contributed by atoms with E-state index in [0.717, 1.165) is 23.1 Å². The molecule has 2 atom stereocenters. The molecule has 1 aliphatic carbocycles. The molecule has 0 N–H and O–H groups in total. The maximum absolute atomic E-state index is 14.2. The molecule has 118 valence electrons. The summed E-state index contributed by atoms with van der Waals surface area (Å²) in [6.45, 7) is 8.10. The Morgan fingerprint density at radius 2 is 1.43 bits per heavy atom.